The molecule has 0 heterocycles. The van der Waals surface area contributed by atoms with Gasteiger partial charge in [-0.15, -0.1) is 5.34 Å². The van der Waals surface area contributed by atoms with Crippen LogP contribution in [0.25, 0.3) is 5.73 Å². The summed E-state index contributed by atoms with van der Waals surface area (Å²) in [5.41, 5.74) is 6.39. The molecule has 7 heteroatoms. The second-order valence-electron chi connectivity index (χ2n) is 0.723. The van der Waals surface area contributed by atoms with E-state index in [0.29, 0.717) is 6.54 Å². The molecule has 0 spiro atoms. The first-order valence-corrected chi connectivity index (χ1v) is 7.59. The van der Waals surface area contributed by atoms with Crippen LogP contribution in [-0.2, 0) is 16.5 Å². The molecule has 0 fully saturated rings. The van der Waals surface area contributed by atoms with Crippen LogP contribution in [0.4, 0.5) is 0 Å². The third-order valence-electron chi connectivity index (χ3n) is 0.177. The molecule has 0 saturated heterocycles. The second-order valence-corrected chi connectivity index (χ2v) is 4.01. The maximum atomic E-state index is 8.00. The van der Waals surface area contributed by atoms with E-state index in [0.717, 1.165) is 11.8 Å². The molecule has 0 radical (unpaired) electrons. The van der Waals surface area contributed by atoms with Crippen molar-refractivity contribution in [2.75, 3.05) is 6.54 Å². The third-order valence-corrected chi connectivity index (χ3v) is 0.177. The van der Waals surface area contributed by atoms with Crippen LogP contribution in [0.1, 0.15) is 6.42 Å². The van der Waals surface area contributed by atoms with Gasteiger partial charge in [0.15, 0.2) is 0 Å². The van der Waals surface area contributed by atoms with Gasteiger partial charge in [-0.2, -0.15) is 6.54 Å². The molecule has 1 N–H and O–H groups in total. The van der Waals surface area contributed by atoms with Crippen molar-refractivity contribution >= 4 is 18.8 Å². The summed E-state index contributed by atoms with van der Waals surface area (Å²) in [5.74, 6) is 0. The standard InChI is InChI=1S/C3H7N.CH3.2ClH.HNO2.Pt/c1-2-3-4;;;;2-1-3;/h4H,1-3H2;1H3;2*1H;(H,2,3);/q-2;-1;;;;+2/p-3. The Balaban J connectivity index is -0.0000000325. The first-order valence-electron chi connectivity index (χ1n) is 1.96. The van der Waals surface area contributed by atoms with Crippen molar-refractivity contribution in [1.29, 1.82) is 0 Å². The fraction of sp³-hybridized carbons (Fsp3) is 0.500. The maximum absolute atomic E-state index is 8.00. The fourth-order valence-corrected chi connectivity index (χ4v) is 0. The molecule has 0 aliphatic heterocycles. The predicted octanol–water partition coefficient (Wildman–Crippen LogP) is 3.34. The fourth-order valence-electron chi connectivity index (χ4n) is 0. The topological polar surface area (TPSA) is 76.3 Å². The van der Waals surface area contributed by atoms with Gasteiger partial charge in [-0.3, -0.25) is 0 Å². The number of rotatable bonds is 1. The summed E-state index contributed by atoms with van der Waals surface area (Å²) in [5, 5.41) is 9.00. The molecule has 11 heavy (non-hydrogen) atoms. The van der Waals surface area contributed by atoms with E-state index in [1.54, 1.807) is 0 Å². The molecular weight excluding hydrogens is 374 g/mol. The molecule has 0 bridgehead atoms. The Kier molecular flexibility index (Phi) is 94.4. The summed E-state index contributed by atoms with van der Waals surface area (Å²) in [6.45, 7) is 3.88. The normalized spacial score (nSPS) is 5.82. The van der Waals surface area contributed by atoms with Crippen LogP contribution in [-0.4, -0.2) is 6.54 Å². The zero-order valence-electron chi connectivity index (χ0n) is 5.96. The van der Waals surface area contributed by atoms with E-state index in [2.05, 4.69) is 6.92 Å². The van der Waals surface area contributed by atoms with Gasteiger partial charge < -0.3 is 30.2 Å². The van der Waals surface area contributed by atoms with Gasteiger partial charge in [-0.25, -0.2) is 6.42 Å². The molecule has 0 aromatic carbocycles. The molecule has 4 nitrogen and oxygen atoms in total. The zero-order valence-corrected chi connectivity index (χ0v) is 9.74. The van der Waals surface area contributed by atoms with E-state index in [1.165, 1.54) is 0 Å². The van der Waals surface area contributed by atoms with Crippen molar-refractivity contribution in [1.82, 2.24) is 0 Å². The van der Waals surface area contributed by atoms with Crippen LogP contribution in [0.3, 0.4) is 0 Å². The summed E-state index contributed by atoms with van der Waals surface area (Å²) >= 11 is -0.472. The number of hydrogen-bond donors (Lipinski definition) is 0. The summed E-state index contributed by atoms with van der Waals surface area (Å²) in [6.07, 6.45) is 0.736. The summed E-state index contributed by atoms with van der Waals surface area (Å²) in [7, 11) is 9.75. The van der Waals surface area contributed by atoms with Gasteiger partial charge in [0.05, 0.1) is 0 Å². The van der Waals surface area contributed by atoms with Gasteiger partial charge in [0.2, 0.25) is 0 Å². The molecule has 0 aliphatic rings. The minimum absolute atomic E-state index is 0. The van der Waals surface area contributed by atoms with Crippen LogP contribution in [0.5, 0.6) is 0 Å². The van der Waals surface area contributed by atoms with Gasteiger partial charge in [-0.05, 0) is 0 Å². The number of nitrogens with zero attached hydrogens (tertiary/aromatic N) is 1. The quantitative estimate of drug-likeness (QED) is 0.395. The first-order chi connectivity index (χ1) is 4.74. The second kappa shape index (κ2) is 46.0. The summed E-state index contributed by atoms with van der Waals surface area (Å²) < 4.78 is 0. The molecule has 0 unspecified atom stereocenters. The molecule has 0 aromatic heterocycles. The van der Waals surface area contributed by atoms with Gasteiger partial charge in [0.25, 0.3) is 0 Å². The molecule has 0 aromatic rings. The molecule has 76 valence electrons. The van der Waals surface area contributed by atoms with E-state index in [-0.39, 0.29) is 7.43 Å². The van der Waals surface area contributed by atoms with Crippen molar-refractivity contribution in [3.63, 3.8) is 0 Å². The van der Waals surface area contributed by atoms with Gasteiger partial charge in [0, 0.05) is 0 Å². The van der Waals surface area contributed by atoms with Gasteiger partial charge in [0.1, 0.15) is 0 Å². The van der Waals surface area contributed by atoms with Crippen molar-refractivity contribution < 1.29 is 16.5 Å². The van der Waals surface area contributed by atoms with Crippen LogP contribution in [0.15, 0.2) is 5.34 Å². The van der Waals surface area contributed by atoms with E-state index < -0.39 is 16.5 Å². The number of nitrogens with one attached hydrogen (secondary N) is 1. The molecule has 0 saturated carbocycles. The van der Waals surface area contributed by atoms with Gasteiger partial charge >= 0.3 is 35.3 Å². The van der Waals surface area contributed by atoms with E-state index >= 15 is 0 Å². The van der Waals surface area contributed by atoms with Crippen LogP contribution in [0.2, 0.25) is 0 Å². The van der Waals surface area contributed by atoms with Gasteiger partial charge in [-0.1, -0.05) is 0 Å². The molecule has 0 rings (SSSR count). The Morgan fingerprint density at radius 1 is 1.64 bits per heavy atom. The summed E-state index contributed by atoms with van der Waals surface area (Å²) in [6, 6.07) is 0. The van der Waals surface area contributed by atoms with Crippen molar-refractivity contribution in [3.8, 4) is 0 Å². The number of hydrogen-bond acceptors (Lipinski definition) is 3. The Morgan fingerprint density at radius 3 is 1.73 bits per heavy atom. The predicted molar refractivity (Wildman–Crippen MR) is 46.4 cm³/mol. The first kappa shape index (κ1) is 22.6. The Bertz CT molecular complexity index is 51.1. The van der Waals surface area contributed by atoms with Crippen molar-refractivity contribution in [2.45, 2.75) is 6.42 Å². The SMILES string of the molecule is O=N[O-].[CH2-]CC[NH-].[CH3-].[Cl][Pt][Cl]. The average molecular weight is 384 g/mol. The van der Waals surface area contributed by atoms with Crippen molar-refractivity contribution in [2.24, 2.45) is 5.34 Å². The van der Waals surface area contributed by atoms with Crippen LogP contribution >= 0.6 is 18.8 Å². The molecule has 0 aliphatic carbocycles. The third kappa shape index (κ3) is 298. The number of halogens is 2. The van der Waals surface area contributed by atoms with E-state index in [4.69, 9.17) is 34.7 Å². The van der Waals surface area contributed by atoms with Crippen LogP contribution in [0, 0.1) is 24.5 Å². The summed E-state index contributed by atoms with van der Waals surface area (Å²) in [4.78, 5) is 8.00. The Morgan fingerprint density at radius 2 is 1.73 bits per heavy atom. The zero-order chi connectivity index (χ0) is 8.83. The van der Waals surface area contributed by atoms with Crippen LogP contribution < -0.4 is 0 Å². The van der Waals surface area contributed by atoms with E-state index in [1.807, 2.05) is 0 Å². The molecule has 0 amide bonds. The van der Waals surface area contributed by atoms with E-state index in [9.17, 15) is 0 Å². The molecule has 0 atom stereocenters. The Hall–Kier alpha value is 0.628. The van der Waals surface area contributed by atoms with Crippen molar-refractivity contribution in [3.05, 3.63) is 30.2 Å². The molecular formula is C4H10Cl2N2O2Pt-4. The average Bonchev–Trinajstić information content (AvgIpc) is 1.91. The minimum atomic E-state index is -0.472. The Labute approximate surface area is 83.8 Å². The monoisotopic (exact) mass is 383 g/mol.